The highest BCUT2D eigenvalue weighted by atomic mass is 16.1. The molecule has 2 rings (SSSR count). The van der Waals surface area contributed by atoms with E-state index in [0.717, 1.165) is 0 Å². The van der Waals surface area contributed by atoms with Crippen molar-refractivity contribution in [3.8, 4) is 0 Å². The van der Waals surface area contributed by atoms with Gasteiger partial charge in [0.25, 0.3) is 0 Å². The molecule has 116 valence electrons. The molecule has 1 heteroatoms. The predicted molar refractivity (Wildman–Crippen MR) is 85.7 cm³/mol. The van der Waals surface area contributed by atoms with Gasteiger partial charge in [-0.3, -0.25) is 4.79 Å². The minimum absolute atomic E-state index is 0.422. The Morgan fingerprint density at radius 1 is 0.750 bits per heavy atom. The van der Waals surface area contributed by atoms with E-state index in [9.17, 15) is 4.79 Å². The lowest BCUT2D eigenvalue weighted by molar-refractivity contribution is -0.132. The fourth-order valence-electron chi connectivity index (χ4n) is 4.87. The Hall–Kier alpha value is -0.330. The summed E-state index contributed by atoms with van der Waals surface area (Å²) in [5.41, 5.74) is 0. The summed E-state index contributed by atoms with van der Waals surface area (Å²) in [6.45, 7) is 4.55. The van der Waals surface area contributed by atoms with E-state index < -0.39 is 0 Å². The van der Waals surface area contributed by atoms with Crippen LogP contribution < -0.4 is 0 Å². The SMILES string of the molecule is CCCC1CCCCC1C(=O)C1CCCCC1CCC. The normalized spacial score (nSPS) is 34.9. The summed E-state index contributed by atoms with van der Waals surface area (Å²) in [5, 5.41) is 0. The summed E-state index contributed by atoms with van der Waals surface area (Å²) in [7, 11) is 0. The summed E-state index contributed by atoms with van der Waals surface area (Å²) in [5.74, 6) is 2.95. The first-order chi connectivity index (χ1) is 9.77. The second-order valence-electron chi connectivity index (χ2n) is 7.28. The van der Waals surface area contributed by atoms with E-state index in [4.69, 9.17) is 0 Å². The molecule has 4 atom stereocenters. The van der Waals surface area contributed by atoms with Crippen LogP contribution in [0.25, 0.3) is 0 Å². The third-order valence-electron chi connectivity index (χ3n) is 5.87. The van der Waals surface area contributed by atoms with Crippen LogP contribution in [0.2, 0.25) is 0 Å². The van der Waals surface area contributed by atoms with Crippen LogP contribution in [0.1, 0.15) is 90.9 Å². The second kappa shape index (κ2) is 8.20. The maximum atomic E-state index is 13.1. The molecule has 0 aliphatic heterocycles. The van der Waals surface area contributed by atoms with E-state index >= 15 is 0 Å². The molecule has 0 amide bonds. The molecule has 0 N–H and O–H groups in total. The number of carbonyl (C=O) groups is 1. The van der Waals surface area contributed by atoms with Gasteiger partial charge in [-0.05, 0) is 37.5 Å². The van der Waals surface area contributed by atoms with Crippen molar-refractivity contribution in [2.24, 2.45) is 23.7 Å². The molecule has 2 fully saturated rings. The van der Waals surface area contributed by atoms with E-state index in [0.29, 0.717) is 29.5 Å². The Balaban J connectivity index is 2.02. The van der Waals surface area contributed by atoms with Gasteiger partial charge in [0.05, 0.1) is 0 Å². The Morgan fingerprint density at radius 3 is 1.55 bits per heavy atom. The summed E-state index contributed by atoms with van der Waals surface area (Å²) in [4.78, 5) is 13.1. The highest BCUT2D eigenvalue weighted by Gasteiger charge is 2.38. The lowest BCUT2D eigenvalue weighted by Crippen LogP contribution is -2.36. The second-order valence-corrected chi connectivity index (χ2v) is 7.28. The predicted octanol–water partition coefficient (Wildman–Crippen LogP) is 5.77. The van der Waals surface area contributed by atoms with Gasteiger partial charge < -0.3 is 0 Å². The zero-order valence-corrected chi connectivity index (χ0v) is 13.7. The quantitative estimate of drug-likeness (QED) is 0.603. The van der Waals surface area contributed by atoms with Gasteiger partial charge in [0.1, 0.15) is 5.78 Å². The van der Waals surface area contributed by atoms with Crippen molar-refractivity contribution in [1.29, 1.82) is 0 Å². The molecule has 0 saturated heterocycles. The Bertz CT molecular complexity index is 264. The smallest absolute Gasteiger partial charge is 0.139 e. The number of carbonyl (C=O) groups excluding carboxylic acids is 1. The molecule has 0 bridgehead atoms. The zero-order valence-electron chi connectivity index (χ0n) is 13.7. The van der Waals surface area contributed by atoms with Gasteiger partial charge >= 0.3 is 0 Å². The molecule has 0 heterocycles. The van der Waals surface area contributed by atoms with Crippen LogP contribution in [0.15, 0.2) is 0 Å². The van der Waals surface area contributed by atoms with Gasteiger partial charge in [-0.1, -0.05) is 65.2 Å². The van der Waals surface area contributed by atoms with Crippen molar-refractivity contribution >= 4 is 5.78 Å². The minimum Gasteiger partial charge on any atom is -0.299 e. The molecule has 1 nitrogen and oxygen atoms in total. The van der Waals surface area contributed by atoms with E-state index in [-0.39, 0.29) is 0 Å². The van der Waals surface area contributed by atoms with Gasteiger partial charge in [0, 0.05) is 11.8 Å². The van der Waals surface area contributed by atoms with Crippen molar-refractivity contribution < 1.29 is 4.79 Å². The fourth-order valence-corrected chi connectivity index (χ4v) is 4.87. The number of ketones is 1. The highest BCUT2D eigenvalue weighted by Crippen LogP contribution is 2.41. The Labute approximate surface area is 125 Å². The lowest BCUT2D eigenvalue weighted by atomic mass is 9.66. The zero-order chi connectivity index (χ0) is 14.4. The molecule has 2 saturated carbocycles. The molecule has 0 spiro atoms. The Kier molecular flexibility index (Phi) is 6.58. The molecule has 0 aromatic rings. The van der Waals surface area contributed by atoms with Crippen molar-refractivity contribution in [1.82, 2.24) is 0 Å². The standard InChI is InChI=1S/C19H34O/c1-3-9-15-11-5-7-13-17(15)19(20)18-14-8-6-12-16(18)10-4-2/h15-18H,3-14H2,1-2H3. The van der Waals surface area contributed by atoms with Crippen LogP contribution in [0, 0.1) is 23.7 Å². The molecule has 2 aliphatic carbocycles. The number of hydrogen-bond donors (Lipinski definition) is 0. The van der Waals surface area contributed by atoms with Crippen molar-refractivity contribution in [2.75, 3.05) is 0 Å². The average Bonchev–Trinajstić information content (AvgIpc) is 2.48. The monoisotopic (exact) mass is 278 g/mol. The molecule has 0 radical (unpaired) electrons. The first-order valence-electron chi connectivity index (χ1n) is 9.31. The van der Waals surface area contributed by atoms with Crippen molar-refractivity contribution in [3.05, 3.63) is 0 Å². The van der Waals surface area contributed by atoms with Crippen LogP contribution in [0.3, 0.4) is 0 Å². The molecule has 0 aromatic carbocycles. The van der Waals surface area contributed by atoms with Crippen molar-refractivity contribution in [2.45, 2.75) is 90.9 Å². The molecule has 2 aliphatic rings. The van der Waals surface area contributed by atoms with E-state index in [1.807, 2.05) is 0 Å². The maximum absolute atomic E-state index is 13.1. The minimum atomic E-state index is 0.422. The molecule has 0 aromatic heterocycles. The van der Waals surface area contributed by atoms with Gasteiger partial charge in [0.2, 0.25) is 0 Å². The summed E-state index contributed by atoms with van der Waals surface area (Å²) >= 11 is 0. The molecule has 20 heavy (non-hydrogen) atoms. The topological polar surface area (TPSA) is 17.1 Å². The van der Waals surface area contributed by atoms with Gasteiger partial charge in [-0.15, -0.1) is 0 Å². The summed E-state index contributed by atoms with van der Waals surface area (Å²) < 4.78 is 0. The maximum Gasteiger partial charge on any atom is 0.139 e. The van der Waals surface area contributed by atoms with Gasteiger partial charge in [0.15, 0.2) is 0 Å². The van der Waals surface area contributed by atoms with Gasteiger partial charge in [-0.2, -0.15) is 0 Å². The first kappa shape index (κ1) is 16.0. The number of rotatable bonds is 6. The Morgan fingerprint density at radius 2 is 1.15 bits per heavy atom. The first-order valence-corrected chi connectivity index (χ1v) is 9.31. The highest BCUT2D eigenvalue weighted by molar-refractivity contribution is 5.84. The van der Waals surface area contributed by atoms with Crippen LogP contribution in [-0.4, -0.2) is 5.78 Å². The third-order valence-corrected chi connectivity index (χ3v) is 5.87. The third kappa shape index (κ3) is 3.86. The number of Topliss-reactive ketones (excluding diaryl/α,β-unsaturated/α-hetero) is 1. The summed E-state index contributed by atoms with van der Waals surface area (Å²) in [6.07, 6.45) is 15.4. The van der Waals surface area contributed by atoms with E-state index in [1.54, 1.807) is 0 Å². The lowest BCUT2D eigenvalue weighted by Gasteiger charge is -2.37. The fraction of sp³-hybridized carbons (Fsp3) is 0.947. The largest absolute Gasteiger partial charge is 0.299 e. The van der Waals surface area contributed by atoms with Gasteiger partial charge in [-0.25, -0.2) is 0 Å². The van der Waals surface area contributed by atoms with E-state index in [2.05, 4.69) is 13.8 Å². The molecular weight excluding hydrogens is 244 g/mol. The van der Waals surface area contributed by atoms with Crippen LogP contribution >= 0.6 is 0 Å². The number of hydrogen-bond acceptors (Lipinski definition) is 1. The van der Waals surface area contributed by atoms with Crippen LogP contribution in [0.4, 0.5) is 0 Å². The van der Waals surface area contributed by atoms with Crippen molar-refractivity contribution in [3.63, 3.8) is 0 Å². The van der Waals surface area contributed by atoms with Crippen LogP contribution in [-0.2, 0) is 4.79 Å². The van der Waals surface area contributed by atoms with Crippen LogP contribution in [0.5, 0.6) is 0 Å². The average molecular weight is 278 g/mol. The molecule has 4 unspecified atom stereocenters. The van der Waals surface area contributed by atoms with E-state index in [1.165, 1.54) is 77.0 Å². The summed E-state index contributed by atoms with van der Waals surface area (Å²) in [6, 6.07) is 0. The molecular formula is C19H34O.